The minimum atomic E-state index is -0.586. The zero-order chi connectivity index (χ0) is 23.7. The zero-order valence-corrected chi connectivity index (χ0v) is 21.2. The molecule has 0 saturated heterocycles. The number of nitrogens with one attached hydrogen (secondary N) is 1. The molecule has 1 unspecified atom stereocenters. The van der Waals surface area contributed by atoms with Crippen LogP contribution in [-0.2, 0) is 10.5 Å². The van der Waals surface area contributed by atoms with Crippen LogP contribution in [0.2, 0.25) is 0 Å². The molecular weight excluding hydrogens is 563 g/mol. The van der Waals surface area contributed by atoms with Gasteiger partial charge < -0.3 is 9.84 Å². The summed E-state index contributed by atoms with van der Waals surface area (Å²) >= 11 is 3.53. The average Bonchev–Trinajstić information content (AvgIpc) is 2.85. The quantitative estimate of drug-likeness (QED) is 0.449. The van der Waals surface area contributed by atoms with Gasteiger partial charge in [-0.25, -0.2) is 5.01 Å². The Morgan fingerprint density at radius 2 is 1.91 bits per heavy atom. The lowest BCUT2D eigenvalue weighted by molar-refractivity contribution is -0.116. The van der Waals surface area contributed by atoms with Crippen LogP contribution < -0.4 is 20.6 Å². The molecule has 2 heterocycles. The third-order valence-electron chi connectivity index (χ3n) is 5.38. The van der Waals surface area contributed by atoms with Gasteiger partial charge >= 0.3 is 0 Å². The van der Waals surface area contributed by atoms with Gasteiger partial charge in [0.05, 0.1) is 15.5 Å². The molecule has 34 heavy (non-hydrogen) atoms. The highest BCUT2D eigenvalue weighted by Gasteiger charge is 2.35. The number of fused-ring (bicyclic) bond motifs is 2. The molecule has 0 aromatic heterocycles. The highest BCUT2D eigenvalue weighted by Crippen LogP contribution is 2.38. The molecule has 2 aliphatic rings. The van der Waals surface area contributed by atoms with Crippen LogP contribution >= 0.6 is 34.4 Å². The highest BCUT2D eigenvalue weighted by molar-refractivity contribution is 14.1. The normalized spacial score (nSPS) is 16.7. The largest absolute Gasteiger partial charge is 0.504 e. The summed E-state index contributed by atoms with van der Waals surface area (Å²) in [5.74, 6) is 0.916. The van der Waals surface area contributed by atoms with Crippen molar-refractivity contribution in [1.82, 2.24) is 10.3 Å². The molecule has 0 saturated carbocycles. The van der Waals surface area contributed by atoms with Crippen LogP contribution in [0.25, 0.3) is 5.70 Å². The fourth-order valence-corrected chi connectivity index (χ4v) is 5.28. The number of aromatic hydroxyl groups is 1. The summed E-state index contributed by atoms with van der Waals surface area (Å²) in [7, 11) is 0. The number of carbonyl (C=O) groups is 1. The van der Waals surface area contributed by atoms with Crippen molar-refractivity contribution in [2.45, 2.75) is 18.8 Å². The van der Waals surface area contributed by atoms with Crippen molar-refractivity contribution in [3.05, 3.63) is 92.0 Å². The van der Waals surface area contributed by atoms with Gasteiger partial charge in [0.15, 0.2) is 22.8 Å². The molecule has 2 N–H and O–H groups in total. The summed E-state index contributed by atoms with van der Waals surface area (Å²) in [4.78, 5) is 18.2. The number of carbonyl (C=O) groups excluding carboxylic acids is 1. The summed E-state index contributed by atoms with van der Waals surface area (Å²) in [6, 6.07) is 21.2. The molecular formula is C25H21IN4O3S. The topological polar surface area (TPSA) is 86.5 Å². The van der Waals surface area contributed by atoms with Crippen molar-refractivity contribution in [2.75, 3.05) is 6.61 Å². The molecule has 0 aliphatic carbocycles. The highest BCUT2D eigenvalue weighted by atomic mass is 127. The predicted octanol–water partition coefficient (Wildman–Crippen LogP) is 3.47. The molecule has 3 aromatic rings. The molecule has 0 radical (unpaired) electrons. The molecule has 0 fully saturated rings. The van der Waals surface area contributed by atoms with Crippen molar-refractivity contribution >= 4 is 51.1 Å². The number of benzene rings is 3. The third-order valence-corrected chi connectivity index (χ3v) is 7.14. The Morgan fingerprint density at radius 1 is 1.15 bits per heavy atom. The van der Waals surface area contributed by atoms with Gasteiger partial charge in [0.2, 0.25) is 0 Å². The van der Waals surface area contributed by atoms with Crippen molar-refractivity contribution in [2.24, 2.45) is 10.1 Å². The van der Waals surface area contributed by atoms with Gasteiger partial charge in [-0.1, -0.05) is 60.3 Å². The Labute approximate surface area is 214 Å². The van der Waals surface area contributed by atoms with Gasteiger partial charge in [-0.3, -0.25) is 15.1 Å². The smallest absolute Gasteiger partial charge is 0.276 e. The van der Waals surface area contributed by atoms with Crippen LogP contribution in [0.1, 0.15) is 24.2 Å². The van der Waals surface area contributed by atoms with E-state index in [-0.39, 0.29) is 11.7 Å². The maximum atomic E-state index is 13.3. The van der Waals surface area contributed by atoms with Crippen LogP contribution in [0.5, 0.6) is 11.5 Å². The minimum absolute atomic E-state index is 0.0885. The van der Waals surface area contributed by atoms with Gasteiger partial charge in [0, 0.05) is 16.5 Å². The standard InChI is InChI=1S/C25H21IN4O3S/c1-2-33-20-13-16(12-18(26)22(20)31)23-27-19-11-7-6-10-17(19)21-24(32)28-25(29-30(21)23)34-14-15-8-4-3-5-9-15/h3-13,23,31H,2,14H2,1H3,(H,28,29,32). The van der Waals surface area contributed by atoms with Gasteiger partial charge in [-0.05, 0) is 53.3 Å². The molecule has 0 spiro atoms. The Hall–Kier alpha value is -3.05. The number of halogens is 1. The number of hydrazone groups is 1. The van der Waals surface area contributed by atoms with E-state index in [1.165, 1.54) is 11.8 Å². The van der Waals surface area contributed by atoms with E-state index < -0.39 is 6.17 Å². The fraction of sp³-hybridized carbons (Fsp3) is 0.160. The summed E-state index contributed by atoms with van der Waals surface area (Å²) in [6.07, 6.45) is -0.586. The van der Waals surface area contributed by atoms with Gasteiger partial charge in [-0.2, -0.15) is 0 Å². The van der Waals surface area contributed by atoms with Gasteiger partial charge in [-0.15, -0.1) is 5.10 Å². The molecule has 2 aliphatic heterocycles. The number of ether oxygens (including phenoxy) is 1. The monoisotopic (exact) mass is 584 g/mol. The number of nitrogens with zero attached hydrogens (tertiary/aromatic N) is 3. The third kappa shape index (κ3) is 4.37. The molecule has 1 atom stereocenters. The number of phenols is 1. The lowest BCUT2D eigenvalue weighted by Crippen LogP contribution is -2.50. The summed E-state index contributed by atoms with van der Waals surface area (Å²) < 4.78 is 6.28. The summed E-state index contributed by atoms with van der Waals surface area (Å²) in [5, 5.41) is 21.8. The van der Waals surface area contributed by atoms with Gasteiger partial charge in [0.25, 0.3) is 5.91 Å². The summed E-state index contributed by atoms with van der Waals surface area (Å²) in [6.45, 7) is 2.28. The molecule has 0 bridgehead atoms. The van der Waals surface area contributed by atoms with Crippen LogP contribution in [0.15, 0.2) is 76.8 Å². The number of hydrogen-bond donors (Lipinski definition) is 2. The van der Waals surface area contributed by atoms with E-state index in [2.05, 4.69) is 27.9 Å². The van der Waals surface area contributed by atoms with Crippen molar-refractivity contribution in [3.63, 3.8) is 0 Å². The average molecular weight is 584 g/mol. The maximum absolute atomic E-state index is 13.3. The maximum Gasteiger partial charge on any atom is 0.276 e. The first-order valence-corrected chi connectivity index (χ1v) is 12.8. The fourth-order valence-electron chi connectivity index (χ4n) is 3.84. The number of para-hydroxylation sites is 1. The van der Waals surface area contributed by atoms with Crippen molar-refractivity contribution in [1.29, 1.82) is 0 Å². The molecule has 7 nitrogen and oxygen atoms in total. The molecule has 1 amide bonds. The van der Waals surface area contributed by atoms with Gasteiger partial charge in [0.1, 0.15) is 5.70 Å². The molecule has 9 heteroatoms. The molecule has 3 aromatic carbocycles. The lowest BCUT2D eigenvalue weighted by atomic mass is 10.1. The second-order valence-corrected chi connectivity index (χ2v) is 9.76. The SMILES string of the molecule is CCOc1cc(C2N=c3ccccc3=C3C(=O)NC(SCc4ccccc4)=NN32)cc(I)c1O. The number of thioether (sulfide) groups is 1. The number of phenolic OH excluding ortho intramolecular Hbond substituents is 1. The zero-order valence-electron chi connectivity index (χ0n) is 18.2. The number of hydrogen-bond acceptors (Lipinski definition) is 7. The Kier molecular flexibility index (Phi) is 6.46. The number of amides is 1. The van der Waals surface area contributed by atoms with Crippen LogP contribution in [0, 0.1) is 3.57 Å². The van der Waals surface area contributed by atoms with Crippen LogP contribution in [-0.4, -0.2) is 27.8 Å². The van der Waals surface area contributed by atoms with E-state index in [9.17, 15) is 9.90 Å². The van der Waals surface area contributed by atoms with E-state index >= 15 is 0 Å². The number of rotatable bonds is 5. The van der Waals surface area contributed by atoms with E-state index in [4.69, 9.17) is 14.8 Å². The predicted molar refractivity (Wildman–Crippen MR) is 141 cm³/mol. The van der Waals surface area contributed by atoms with Crippen molar-refractivity contribution < 1.29 is 14.6 Å². The minimum Gasteiger partial charge on any atom is -0.504 e. The van der Waals surface area contributed by atoms with E-state index in [0.717, 1.165) is 16.3 Å². The first kappa shape index (κ1) is 22.7. The van der Waals surface area contributed by atoms with E-state index in [0.29, 0.717) is 37.9 Å². The number of amidine groups is 1. The van der Waals surface area contributed by atoms with E-state index in [1.54, 1.807) is 11.1 Å². The Bertz CT molecular complexity index is 1410. The first-order chi connectivity index (χ1) is 16.5. The second kappa shape index (κ2) is 9.67. The van der Waals surface area contributed by atoms with Crippen LogP contribution in [0.3, 0.4) is 0 Å². The first-order valence-electron chi connectivity index (χ1n) is 10.7. The molecule has 172 valence electrons. The van der Waals surface area contributed by atoms with Crippen LogP contribution in [0.4, 0.5) is 0 Å². The Balaban J connectivity index is 1.60. The Morgan fingerprint density at radius 3 is 2.71 bits per heavy atom. The van der Waals surface area contributed by atoms with Crippen molar-refractivity contribution in [3.8, 4) is 11.5 Å². The van der Waals surface area contributed by atoms with E-state index in [1.807, 2.05) is 67.6 Å². The second-order valence-electron chi connectivity index (χ2n) is 7.63. The lowest BCUT2D eigenvalue weighted by Gasteiger charge is -2.34. The summed E-state index contributed by atoms with van der Waals surface area (Å²) in [5.41, 5.74) is 2.35. The molecule has 5 rings (SSSR count).